The van der Waals surface area contributed by atoms with E-state index in [1.807, 2.05) is 12.1 Å². The molecule has 0 bridgehead atoms. The predicted octanol–water partition coefficient (Wildman–Crippen LogP) is 3.57. The smallest absolute Gasteiger partial charge is 0.266 e. The number of aliphatic hydroxyl groups excluding tert-OH is 1. The molecule has 9 heteroatoms. The Kier molecular flexibility index (Phi) is 7.03. The van der Waals surface area contributed by atoms with Gasteiger partial charge in [0, 0.05) is 16.6 Å². The van der Waals surface area contributed by atoms with Gasteiger partial charge in [-0.1, -0.05) is 41.9 Å². The highest BCUT2D eigenvalue weighted by Crippen LogP contribution is 2.25. The third-order valence-electron chi connectivity index (χ3n) is 3.83. The maximum Gasteiger partial charge on any atom is 0.266 e. The molecule has 1 atom stereocenters. The number of hydrogen-bond acceptors (Lipinski definition) is 6. The van der Waals surface area contributed by atoms with Gasteiger partial charge in [0.2, 0.25) is 0 Å². The number of sulfonamides is 1. The first-order valence-corrected chi connectivity index (χ1v) is 11.1. The van der Waals surface area contributed by atoms with Gasteiger partial charge in [-0.2, -0.15) is 0 Å². The molecular formula is C19H19ClN2O4S2. The van der Waals surface area contributed by atoms with E-state index in [0.717, 1.165) is 9.87 Å². The Hall–Kier alpha value is -1.97. The average molecular weight is 439 g/mol. The Morgan fingerprint density at radius 2 is 1.86 bits per heavy atom. The Labute approximate surface area is 173 Å². The second kappa shape index (κ2) is 9.49. The fourth-order valence-corrected chi connectivity index (χ4v) is 4.96. The molecule has 0 aliphatic carbocycles. The van der Waals surface area contributed by atoms with Crippen molar-refractivity contribution in [1.82, 2.24) is 4.98 Å². The number of thiazole rings is 1. The minimum atomic E-state index is -3.85. The fraction of sp³-hybridized carbons (Fsp3) is 0.211. The minimum Gasteiger partial charge on any atom is -0.389 e. The largest absolute Gasteiger partial charge is 0.389 e. The van der Waals surface area contributed by atoms with Crippen LogP contribution in [0.3, 0.4) is 0 Å². The summed E-state index contributed by atoms with van der Waals surface area (Å²) in [6.45, 7) is 0.108. The monoisotopic (exact) mass is 438 g/mol. The molecule has 0 spiro atoms. The lowest BCUT2D eigenvalue weighted by Gasteiger charge is -2.24. The quantitative estimate of drug-likeness (QED) is 0.552. The molecule has 28 heavy (non-hydrogen) atoms. The second-order valence-electron chi connectivity index (χ2n) is 5.96. The van der Waals surface area contributed by atoms with Crippen molar-refractivity contribution in [3.8, 4) is 0 Å². The van der Waals surface area contributed by atoms with Crippen LogP contribution in [0.4, 0.5) is 5.13 Å². The number of nitrogens with zero attached hydrogens (tertiary/aromatic N) is 2. The van der Waals surface area contributed by atoms with Gasteiger partial charge < -0.3 is 9.84 Å². The zero-order valence-electron chi connectivity index (χ0n) is 14.8. The van der Waals surface area contributed by atoms with Crippen LogP contribution in [0.25, 0.3) is 0 Å². The summed E-state index contributed by atoms with van der Waals surface area (Å²) >= 11 is 7.04. The first kappa shape index (κ1) is 20.8. The van der Waals surface area contributed by atoms with Crippen LogP contribution in [-0.4, -0.2) is 37.8 Å². The molecule has 2 aromatic carbocycles. The van der Waals surface area contributed by atoms with Crippen LogP contribution in [0.5, 0.6) is 0 Å². The lowest BCUT2D eigenvalue weighted by atomic mass is 10.2. The highest BCUT2D eigenvalue weighted by Gasteiger charge is 2.28. The fourth-order valence-electron chi connectivity index (χ4n) is 2.48. The number of rotatable bonds is 9. The predicted molar refractivity (Wildman–Crippen MR) is 110 cm³/mol. The number of anilines is 1. The SMILES string of the molecule is O=S(=O)(c1ccccc1)N(CC(O)COCc1ccc(Cl)cc1)c1nccs1. The van der Waals surface area contributed by atoms with Crippen LogP contribution in [0.2, 0.25) is 5.02 Å². The number of halogens is 1. The molecular weight excluding hydrogens is 420 g/mol. The third kappa shape index (κ3) is 5.30. The summed E-state index contributed by atoms with van der Waals surface area (Å²) in [6, 6.07) is 15.2. The number of benzene rings is 2. The molecule has 0 radical (unpaired) electrons. The molecule has 0 saturated carbocycles. The summed E-state index contributed by atoms with van der Waals surface area (Å²) in [7, 11) is -3.85. The van der Waals surface area contributed by atoms with Crippen molar-refractivity contribution in [3.05, 3.63) is 76.8 Å². The topological polar surface area (TPSA) is 79.7 Å². The van der Waals surface area contributed by atoms with Crippen molar-refractivity contribution < 1.29 is 18.3 Å². The molecule has 0 aliphatic heterocycles. The van der Waals surface area contributed by atoms with Gasteiger partial charge in [-0.15, -0.1) is 11.3 Å². The van der Waals surface area contributed by atoms with Crippen LogP contribution in [0, 0.1) is 0 Å². The van der Waals surface area contributed by atoms with Gasteiger partial charge in [0.1, 0.15) is 0 Å². The van der Waals surface area contributed by atoms with E-state index in [0.29, 0.717) is 10.2 Å². The van der Waals surface area contributed by atoms with Gasteiger partial charge in [-0.05, 0) is 29.8 Å². The molecule has 6 nitrogen and oxygen atoms in total. The van der Waals surface area contributed by atoms with Gasteiger partial charge in [0.15, 0.2) is 5.13 Å². The van der Waals surface area contributed by atoms with Crippen molar-refractivity contribution in [2.24, 2.45) is 0 Å². The molecule has 3 rings (SSSR count). The van der Waals surface area contributed by atoms with E-state index < -0.39 is 16.1 Å². The van der Waals surface area contributed by atoms with Crippen LogP contribution < -0.4 is 4.31 Å². The molecule has 1 aromatic heterocycles. The Bertz CT molecular complexity index is 965. The van der Waals surface area contributed by atoms with E-state index in [9.17, 15) is 13.5 Å². The van der Waals surface area contributed by atoms with Crippen molar-refractivity contribution in [3.63, 3.8) is 0 Å². The Morgan fingerprint density at radius 3 is 2.50 bits per heavy atom. The normalized spacial score (nSPS) is 12.6. The number of ether oxygens (including phenoxy) is 1. The second-order valence-corrected chi connectivity index (χ2v) is 9.13. The average Bonchev–Trinajstić information content (AvgIpc) is 3.22. The molecule has 3 aromatic rings. The van der Waals surface area contributed by atoms with Gasteiger partial charge >= 0.3 is 0 Å². The van der Waals surface area contributed by atoms with Crippen LogP contribution >= 0.6 is 22.9 Å². The van der Waals surface area contributed by atoms with Crippen molar-refractivity contribution >= 4 is 38.1 Å². The molecule has 1 N–H and O–H groups in total. The van der Waals surface area contributed by atoms with Gasteiger partial charge in [-0.3, -0.25) is 0 Å². The summed E-state index contributed by atoms with van der Waals surface area (Å²) in [4.78, 5) is 4.24. The maximum atomic E-state index is 13.0. The molecule has 0 amide bonds. The molecule has 148 valence electrons. The summed E-state index contributed by atoms with van der Waals surface area (Å²) in [5, 5.41) is 13.0. The van der Waals surface area contributed by atoms with Crippen molar-refractivity contribution in [1.29, 1.82) is 0 Å². The first-order valence-electron chi connectivity index (χ1n) is 8.44. The lowest BCUT2D eigenvalue weighted by Crippen LogP contribution is -2.39. The number of aliphatic hydroxyl groups is 1. The highest BCUT2D eigenvalue weighted by molar-refractivity contribution is 7.93. The van der Waals surface area contributed by atoms with Crippen molar-refractivity contribution in [2.45, 2.75) is 17.6 Å². The zero-order chi connectivity index (χ0) is 20.0. The van der Waals surface area contributed by atoms with E-state index in [-0.39, 0.29) is 24.7 Å². The lowest BCUT2D eigenvalue weighted by molar-refractivity contribution is 0.0334. The van der Waals surface area contributed by atoms with Crippen LogP contribution in [0.1, 0.15) is 5.56 Å². The maximum absolute atomic E-state index is 13.0. The summed E-state index contributed by atoms with van der Waals surface area (Å²) < 4.78 is 32.7. The summed E-state index contributed by atoms with van der Waals surface area (Å²) in [6.07, 6.45) is 0.506. The summed E-state index contributed by atoms with van der Waals surface area (Å²) in [5.41, 5.74) is 0.908. The van der Waals surface area contributed by atoms with Gasteiger partial charge in [0.05, 0.1) is 30.8 Å². The van der Waals surface area contributed by atoms with Gasteiger partial charge in [-0.25, -0.2) is 17.7 Å². The molecule has 0 saturated heterocycles. The van der Waals surface area contributed by atoms with Crippen LogP contribution in [0.15, 0.2) is 71.1 Å². The molecule has 1 heterocycles. The molecule has 0 fully saturated rings. The van der Waals surface area contributed by atoms with E-state index in [1.54, 1.807) is 35.7 Å². The van der Waals surface area contributed by atoms with Gasteiger partial charge in [0.25, 0.3) is 10.0 Å². The van der Waals surface area contributed by atoms with Crippen LogP contribution in [-0.2, 0) is 21.4 Å². The Balaban J connectivity index is 1.67. The molecule has 0 aliphatic rings. The Morgan fingerprint density at radius 1 is 1.14 bits per heavy atom. The van der Waals surface area contributed by atoms with E-state index in [4.69, 9.17) is 16.3 Å². The molecule has 1 unspecified atom stereocenters. The zero-order valence-corrected chi connectivity index (χ0v) is 17.2. The number of hydrogen-bond donors (Lipinski definition) is 1. The highest BCUT2D eigenvalue weighted by atomic mass is 35.5. The van der Waals surface area contributed by atoms with E-state index in [2.05, 4.69) is 4.98 Å². The summed E-state index contributed by atoms with van der Waals surface area (Å²) in [5.74, 6) is 0. The van der Waals surface area contributed by atoms with Crippen molar-refractivity contribution in [2.75, 3.05) is 17.5 Å². The number of aromatic nitrogens is 1. The standard InChI is InChI=1S/C19H19ClN2O4S2/c20-16-8-6-15(7-9-16)13-26-14-17(23)12-22(19-21-10-11-27-19)28(24,25)18-4-2-1-3-5-18/h1-11,17,23H,12-14H2. The minimum absolute atomic E-state index is 0.0190. The third-order valence-corrected chi connectivity index (χ3v) is 6.76. The van der Waals surface area contributed by atoms with E-state index >= 15 is 0 Å². The van der Waals surface area contributed by atoms with E-state index in [1.165, 1.54) is 29.7 Å². The first-order chi connectivity index (χ1) is 13.5.